The van der Waals surface area contributed by atoms with Crippen molar-refractivity contribution in [3.05, 3.63) is 29.8 Å². The average molecular weight is 237 g/mol. The van der Waals surface area contributed by atoms with Crippen LogP contribution < -0.4 is 5.32 Å². The van der Waals surface area contributed by atoms with Gasteiger partial charge in [0.25, 0.3) is 0 Å². The van der Waals surface area contributed by atoms with Crippen LogP contribution in [0.25, 0.3) is 0 Å². The molecule has 3 heteroatoms. The maximum Gasteiger partial charge on any atom is 0.133 e. The van der Waals surface area contributed by atoms with Gasteiger partial charge in [0.2, 0.25) is 0 Å². The van der Waals surface area contributed by atoms with Crippen molar-refractivity contribution >= 4 is 18.0 Å². The molecular weight excluding hydrogens is 218 g/mol. The Morgan fingerprint density at radius 2 is 2.00 bits per heavy atom. The number of carbonyl (C=O) groups excluding carboxylic acids is 1. The summed E-state index contributed by atoms with van der Waals surface area (Å²) in [6.07, 6.45) is 1.86. The summed E-state index contributed by atoms with van der Waals surface area (Å²) >= 11 is 1.88. The summed E-state index contributed by atoms with van der Waals surface area (Å²) < 4.78 is 0. The molecule has 88 valence electrons. The van der Waals surface area contributed by atoms with Gasteiger partial charge < -0.3 is 10.1 Å². The van der Waals surface area contributed by atoms with E-state index in [1.54, 1.807) is 0 Å². The molecule has 0 unspecified atom stereocenters. The van der Waals surface area contributed by atoms with Crippen molar-refractivity contribution in [2.45, 2.75) is 30.4 Å². The Labute approximate surface area is 102 Å². The van der Waals surface area contributed by atoms with Crippen LogP contribution in [0.2, 0.25) is 0 Å². The second-order valence-corrected chi connectivity index (χ2v) is 5.58. The van der Waals surface area contributed by atoms with E-state index < -0.39 is 0 Å². The van der Waals surface area contributed by atoms with Gasteiger partial charge in [-0.05, 0) is 30.7 Å². The van der Waals surface area contributed by atoms with E-state index in [1.807, 2.05) is 11.8 Å². The molecule has 0 aliphatic carbocycles. The summed E-state index contributed by atoms with van der Waals surface area (Å²) in [5.41, 5.74) is 1.31. The standard InChI is InChI=1S/C13H19NOS/c1-11(2)16-13-5-3-12(4-6-13)7-8-14-9-10-15/h3-6,10-11,14H,7-9H2,1-2H3. The molecule has 0 heterocycles. The van der Waals surface area contributed by atoms with Crippen LogP contribution in [-0.4, -0.2) is 24.6 Å². The molecule has 0 spiro atoms. The molecule has 0 bridgehead atoms. The number of benzene rings is 1. The monoisotopic (exact) mass is 237 g/mol. The van der Waals surface area contributed by atoms with Crippen molar-refractivity contribution < 1.29 is 4.79 Å². The van der Waals surface area contributed by atoms with Gasteiger partial charge in [0, 0.05) is 10.1 Å². The maximum absolute atomic E-state index is 10.1. The van der Waals surface area contributed by atoms with Crippen LogP contribution in [0.5, 0.6) is 0 Å². The molecule has 0 saturated carbocycles. The van der Waals surface area contributed by atoms with Gasteiger partial charge in [0.05, 0.1) is 6.54 Å². The molecule has 0 atom stereocenters. The summed E-state index contributed by atoms with van der Waals surface area (Å²) in [7, 11) is 0. The first-order valence-electron chi connectivity index (χ1n) is 5.62. The topological polar surface area (TPSA) is 29.1 Å². The molecule has 0 fully saturated rings. The van der Waals surface area contributed by atoms with Crippen LogP contribution in [0.3, 0.4) is 0 Å². The molecule has 1 aromatic carbocycles. The third-order valence-electron chi connectivity index (χ3n) is 2.11. The highest BCUT2D eigenvalue weighted by Gasteiger charge is 1.98. The quantitative estimate of drug-likeness (QED) is 0.449. The Kier molecular flexibility index (Phi) is 6.19. The lowest BCUT2D eigenvalue weighted by Crippen LogP contribution is -2.19. The second-order valence-electron chi connectivity index (χ2n) is 3.93. The SMILES string of the molecule is CC(C)Sc1ccc(CCNCC=O)cc1. The highest BCUT2D eigenvalue weighted by Crippen LogP contribution is 2.22. The number of aldehydes is 1. The Balaban J connectivity index is 2.36. The van der Waals surface area contributed by atoms with E-state index in [0.717, 1.165) is 19.3 Å². The van der Waals surface area contributed by atoms with Gasteiger partial charge in [-0.25, -0.2) is 0 Å². The maximum atomic E-state index is 10.1. The van der Waals surface area contributed by atoms with Crippen molar-refractivity contribution in [2.24, 2.45) is 0 Å². The number of hydrogen-bond donors (Lipinski definition) is 1. The summed E-state index contributed by atoms with van der Waals surface area (Å²) in [6, 6.07) is 8.65. The van der Waals surface area contributed by atoms with Gasteiger partial charge in [-0.2, -0.15) is 0 Å². The zero-order valence-corrected chi connectivity index (χ0v) is 10.7. The highest BCUT2D eigenvalue weighted by molar-refractivity contribution is 7.99. The molecule has 0 amide bonds. The Bertz CT molecular complexity index is 308. The van der Waals surface area contributed by atoms with E-state index >= 15 is 0 Å². The molecule has 16 heavy (non-hydrogen) atoms. The van der Waals surface area contributed by atoms with Crippen LogP contribution >= 0.6 is 11.8 Å². The smallest absolute Gasteiger partial charge is 0.133 e. The molecule has 1 aromatic rings. The number of thioether (sulfide) groups is 1. The molecular formula is C13H19NOS. The molecule has 0 aromatic heterocycles. The third-order valence-corrected chi connectivity index (χ3v) is 3.13. The molecule has 0 radical (unpaired) electrons. The first kappa shape index (κ1) is 13.3. The lowest BCUT2D eigenvalue weighted by molar-refractivity contribution is -0.107. The van der Waals surface area contributed by atoms with Gasteiger partial charge in [-0.3, -0.25) is 0 Å². The normalized spacial score (nSPS) is 10.7. The van der Waals surface area contributed by atoms with E-state index in [0.29, 0.717) is 11.8 Å². The highest BCUT2D eigenvalue weighted by atomic mass is 32.2. The van der Waals surface area contributed by atoms with Crippen LogP contribution in [0, 0.1) is 0 Å². The first-order chi connectivity index (χ1) is 7.72. The Hall–Kier alpha value is -0.800. The summed E-state index contributed by atoms with van der Waals surface area (Å²) in [5, 5.41) is 3.68. The van der Waals surface area contributed by atoms with Gasteiger partial charge in [0.15, 0.2) is 0 Å². The van der Waals surface area contributed by atoms with Gasteiger partial charge in [-0.1, -0.05) is 26.0 Å². The predicted molar refractivity (Wildman–Crippen MR) is 70.1 cm³/mol. The van der Waals surface area contributed by atoms with Gasteiger partial charge in [-0.15, -0.1) is 11.8 Å². The number of carbonyl (C=O) groups is 1. The van der Waals surface area contributed by atoms with E-state index in [1.165, 1.54) is 10.5 Å². The zero-order chi connectivity index (χ0) is 11.8. The second kappa shape index (κ2) is 7.47. The predicted octanol–water partition coefficient (Wildman–Crippen LogP) is 2.52. The molecule has 0 aliphatic heterocycles. The minimum atomic E-state index is 0.446. The average Bonchev–Trinajstić information content (AvgIpc) is 2.26. The van der Waals surface area contributed by atoms with E-state index in [2.05, 4.69) is 43.4 Å². The first-order valence-corrected chi connectivity index (χ1v) is 6.50. The fourth-order valence-electron chi connectivity index (χ4n) is 1.40. The molecule has 1 N–H and O–H groups in total. The van der Waals surface area contributed by atoms with Crippen LogP contribution in [0.1, 0.15) is 19.4 Å². The minimum Gasteiger partial charge on any atom is -0.310 e. The summed E-state index contributed by atoms with van der Waals surface area (Å²) in [5.74, 6) is 0. The summed E-state index contributed by atoms with van der Waals surface area (Å²) in [6.45, 7) is 5.69. The number of rotatable bonds is 7. The van der Waals surface area contributed by atoms with Crippen molar-refractivity contribution in [1.82, 2.24) is 5.32 Å². The molecule has 0 aliphatic rings. The van der Waals surface area contributed by atoms with E-state index in [-0.39, 0.29) is 0 Å². The van der Waals surface area contributed by atoms with Crippen molar-refractivity contribution in [1.29, 1.82) is 0 Å². The van der Waals surface area contributed by atoms with Gasteiger partial charge in [0.1, 0.15) is 6.29 Å². The van der Waals surface area contributed by atoms with Crippen molar-refractivity contribution in [2.75, 3.05) is 13.1 Å². The zero-order valence-electron chi connectivity index (χ0n) is 9.90. The number of hydrogen-bond acceptors (Lipinski definition) is 3. The van der Waals surface area contributed by atoms with E-state index in [9.17, 15) is 4.79 Å². The third kappa shape index (κ3) is 5.33. The molecule has 1 rings (SSSR count). The minimum absolute atomic E-state index is 0.446. The fourth-order valence-corrected chi connectivity index (χ4v) is 2.24. The van der Waals surface area contributed by atoms with Crippen LogP contribution in [-0.2, 0) is 11.2 Å². The molecule has 0 saturated heterocycles. The lowest BCUT2D eigenvalue weighted by atomic mass is 10.1. The van der Waals surface area contributed by atoms with E-state index in [4.69, 9.17) is 0 Å². The number of nitrogens with one attached hydrogen (secondary N) is 1. The lowest BCUT2D eigenvalue weighted by Gasteiger charge is -2.06. The molecule has 2 nitrogen and oxygen atoms in total. The Morgan fingerprint density at radius 3 is 2.56 bits per heavy atom. The van der Waals surface area contributed by atoms with Crippen molar-refractivity contribution in [3.8, 4) is 0 Å². The fraction of sp³-hybridized carbons (Fsp3) is 0.462. The van der Waals surface area contributed by atoms with Crippen molar-refractivity contribution in [3.63, 3.8) is 0 Å². The summed E-state index contributed by atoms with van der Waals surface area (Å²) in [4.78, 5) is 11.4. The largest absolute Gasteiger partial charge is 0.310 e. The van der Waals surface area contributed by atoms with Crippen LogP contribution in [0.4, 0.5) is 0 Å². The van der Waals surface area contributed by atoms with Gasteiger partial charge >= 0.3 is 0 Å². The van der Waals surface area contributed by atoms with Crippen LogP contribution in [0.15, 0.2) is 29.2 Å². The Morgan fingerprint density at radius 1 is 1.31 bits per heavy atom.